The van der Waals surface area contributed by atoms with Gasteiger partial charge in [0.1, 0.15) is 17.7 Å². The summed E-state index contributed by atoms with van der Waals surface area (Å²) in [6.07, 6.45) is 7.36. The lowest BCUT2D eigenvalue weighted by Gasteiger charge is -2.32. The van der Waals surface area contributed by atoms with Crippen LogP contribution in [0.5, 0.6) is 0 Å². The van der Waals surface area contributed by atoms with Gasteiger partial charge in [0.25, 0.3) is 11.8 Å². The largest absolute Gasteiger partial charge is 0.465 e. The predicted octanol–water partition coefficient (Wildman–Crippen LogP) is -0.478. The fourth-order valence-corrected chi connectivity index (χ4v) is 6.67. The molecular weight excluding hydrogens is 654 g/mol. The third kappa shape index (κ3) is 9.82. The first-order valence-electron chi connectivity index (χ1n) is 16.9. The van der Waals surface area contributed by atoms with Gasteiger partial charge in [0, 0.05) is 26.6 Å². The van der Waals surface area contributed by atoms with Crippen molar-refractivity contribution in [3.8, 4) is 0 Å². The Morgan fingerprint density at radius 2 is 1.76 bits per heavy atom. The molecule has 0 radical (unpaired) electrons. The van der Waals surface area contributed by atoms with Crippen LogP contribution in [0.25, 0.3) is 0 Å². The number of nitrogens with one attached hydrogen (secondary N) is 3. The second kappa shape index (κ2) is 16.6. The zero-order chi connectivity index (χ0) is 36.6. The van der Waals surface area contributed by atoms with Crippen molar-refractivity contribution in [1.82, 2.24) is 50.8 Å². The molecule has 19 heteroatoms. The van der Waals surface area contributed by atoms with Gasteiger partial charge in [-0.2, -0.15) is 0 Å². The van der Waals surface area contributed by atoms with Gasteiger partial charge >= 0.3 is 6.09 Å². The van der Waals surface area contributed by atoms with Gasteiger partial charge < -0.3 is 36.8 Å². The van der Waals surface area contributed by atoms with Gasteiger partial charge in [-0.25, -0.2) is 9.48 Å². The standard InChI is InChI=1S/C31H47N11O8/c1-31(2,50)24-15-34-38-42(24)19-14-23(28(46)35-20(25(43)26(32)44)11-7-8-12-33-30(48)49)41(16-19)29(47)21(13-18-9-5-4-6-10-18)36-27(45)22-17-40(3)39-37-22/h15,17-21,23,33,50H,4-14,16H2,1-3H3,(H2,32,44)(H,35,46)(H,36,45)(H,48,49)/t19-,20?,21?,23-/m0/s1. The number of nitrogens with zero attached hydrogens (tertiary/aromatic N) is 7. The minimum atomic E-state index is -1.36. The Kier molecular flexibility index (Phi) is 12.6. The van der Waals surface area contributed by atoms with Crippen LogP contribution in [0.2, 0.25) is 0 Å². The van der Waals surface area contributed by atoms with Crippen LogP contribution in [0.3, 0.4) is 0 Å². The van der Waals surface area contributed by atoms with Crippen molar-refractivity contribution in [2.24, 2.45) is 18.7 Å². The van der Waals surface area contributed by atoms with E-state index in [0.29, 0.717) is 18.5 Å². The van der Waals surface area contributed by atoms with Crippen LogP contribution in [0.15, 0.2) is 12.4 Å². The maximum atomic E-state index is 14.5. The summed E-state index contributed by atoms with van der Waals surface area (Å²) in [4.78, 5) is 78.6. The van der Waals surface area contributed by atoms with Crippen LogP contribution >= 0.6 is 0 Å². The molecule has 2 aliphatic rings. The van der Waals surface area contributed by atoms with Crippen molar-refractivity contribution in [1.29, 1.82) is 0 Å². The summed E-state index contributed by atoms with van der Waals surface area (Å²) in [5.74, 6) is -4.01. The Morgan fingerprint density at radius 3 is 2.38 bits per heavy atom. The van der Waals surface area contributed by atoms with E-state index in [2.05, 4.69) is 36.6 Å². The Morgan fingerprint density at radius 1 is 1.04 bits per heavy atom. The van der Waals surface area contributed by atoms with Crippen LogP contribution in [0, 0.1) is 5.92 Å². The molecule has 5 amide bonds. The maximum absolute atomic E-state index is 14.5. The molecule has 0 bridgehead atoms. The predicted molar refractivity (Wildman–Crippen MR) is 174 cm³/mol. The van der Waals surface area contributed by atoms with Crippen molar-refractivity contribution in [3.05, 3.63) is 23.8 Å². The van der Waals surface area contributed by atoms with Crippen LogP contribution in [0.1, 0.15) is 100 Å². The van der Waals surface area contributed by atoms with Gasteiger partial charge in [-0.05, 0) is 45.4 Å². The SMILES string of the molecule is Cn1cc(C(=O)NC(CC2CCCCC2)C(=O)N2C[C@@H](n3nncc3C(C)(C)O)C[C@H]2C(=O)NC(CCCCNC(=O)O)C(=O)C(N)=O)nn1. The van der Waals surface area contributed by atoms with Gasteiger partial charge in [0.05, 0.1) is 30.2 Å². The summed E-state index contributed by atoms with van der Waals surface area (Å²) >= 11 is 0. The molecule has 2 aromatic heterocycles. The van der Waals surface area contributed by atoms with E-state index in [-0.39, 0.29) is 44.0 Å². The van der Waals surface area contributed by atoms with Crippen LogP contribution < -0.4 is 21.7 Å². The van der Waals surface area contributed by atoms with Crippen molar-refractivity contribution >= 4 is 35.5 Å². The van der Waals surface area contributed by atoms with E-state index in [1.165, 1.54) is 26.7 Å². The van der Waals surface area contributed by atoms with Gasteiger partial charge in [0.15, 0.2) is 5.69 Å². The average molecular weight is 702 g/mol. The van der Waals surface area contributed by atoms with E-state index in [1.54, 1.807) is 20.9 Å². The van der Waals surface area contributed by atoms with Crippen molar-refractivity contribution in [3.63, 3.8) is 0 Å². The second-order valence-electron chi connectivity index (χ2n) is 13.6. The zero-order valence-corrected chi connectivity index (χ0v) is 28.6. The first kappa shape index (κ1) is 37.9. The highest BCUT2D eigenvalue weighted by molar-refractivity contribution is 6.37. The van der Waals surface area contributed by atoms with E-state index < -0.39 is 65.3 Å². The van der Waals surface area contributed by atoms with Gasteiger partial charge in [-0.1, -0.05) is 42.5 Å². The molecule has 274 valence electrons. The Hall–Kier alpha value is -4.94. The van der Waals surface area contributed by atoms with E-state index in [9.17, 15) is 33.9 Å². The van der Waals surface area contributed by atoms with E-state index in [4.69, 9.17) is 10.8 Å². The zero-order valence-electron chi connectivity index (χ0n) is 28.6. The summed E-state index contributed by atoms with van der Waals surface area (Å²) in [6, 6.07) is -4.16. The lowest BCUT2D eigenvalue weighted by Crippen LogP contribution is -2.56. The Bertz CT molecular complexity index is 1540. The highest BCUT2D eigenvalue weighted by atomic mass is 16.4. The molecule has 2 aromatic rings. The fourth-order valence-electron chi connectivity index (χ4n) is 6.67. The number of nitrogens with two attached hydrogens (primary N) is 1. The summed E-state index contributed by atoms with van der Waals surface area (Å²) in [5.41, 5.74) is 4.30. The third-order valence-corrected chi connectivity index (χ3v) is 9.22. The molecule has 0 spiro atoms. The number of unbranched alkanes of at least 4 members (excludes halogenated alkanes) is 1. The highest BCUT2D eigenvalue weighted by Gasteiger charge is 2.45. The molecule has 0 aromatic carbocycles. The lowest BCUT2D eigenvalue weighted by atomic mass is 9.84. The molecule has 2 unspecified atom stereocenters. The molecule has 1 aliphatic heterocycles. The Balaban J connectivity index is 1.63. The van der Waals surface area contributed by atoms with Crippen molar-refractivity contribution < 1.29 is 39.0 Å². The van der Waals surface area contributed by atoms with Gasteiger partial charge in [0.2, 0.25) is 17.6 Å². The summed E-state index contributed by atoms with van der Waals surface area (Å²) in [7, 11) is 1.61. The van der Waals surface area contributed by atoms with E-state index >= 15 is 0 Å². The first-order valence-corrected chi connectivity index (χ1v) is 16.9. The number of primary amides is 1. The monoisotopic (exact) mass is 701 g/mol. The number of aryl methyl sites for hydroxylation is 1. The molecule has 19 nitrogen and oxygen atoms in total. The normalized spacial score (nSPS) is 19.4. The third-order valence-electron chi connectivity index (χ3n) is 9.22. The lowest BCUT2D eigenvalue weighted by molar-refractivity contribution is -0.142. The Labute approximate surface area is 288 Å². The quantitative estimate of drug-likeness (QED) is 0.0957. The second-order valence-corrected chi connectivity index (χ2v) is 13.6. The number of likely N-dealkylation sites (tertiary alicyclic amines) is 1. The number of amides is 5. The number of hydrogen-bond acceptors (Lipinski definition) is 11. The first-order chi connectivity index (χ1) is 23.6. The van der Waals surface area contributed by atoms with Crippen molar-refractivity contribution in [2.45, 2.75) is 108 Å². The van der Waals surface area contributed by atoms with Crippen LogP contribution in [-0.4, -0.2) is 112 Å². The summed E-state index contributed by atoms with van der Waals surface area (Å²) in [6.45, 7) is 3.16. The fraction of sp³-hybridized carbons (Fsp3) is 0.677. The number of aromatic nitrogens is 6. The molecule has 4 atom stereocenters. The number of carbonyl (C=O) groups is 6. The minimum absolute atomic E-state index is 0.0106. The van der Waals surface area contributed by atoms with E-state index in [0.717, 1.165) is 32.1 Å². The van der Waals surface area contributed by atoms with Crippen LogP contribution in [0.4, 0.5) is 4.79 Å². The molecule has 1 aliphatic carbocycles. The van der Waals surface area contributed by atoms with Gasteiger partial charge in [-0.15, -0.1) is 10.2 Å². The molecule has 50 heavy (non-hydrogen) atoms. The molecule has 4 rings (SSSR count). The van der Waals surface area contributed by atoms with E-state index in [1.807, 2.05) is 0 Å². The number of carbonyl (C=O) groups excluding carboxylic acids is 5. The summed E-state index contributed by atoms with van der Waals surface area (Å²) < 4.78 is 2.83. The summed E-state index contributed by atoms with van der Waals surface area (Å²) in [5, 5.41) is 43.0. The highest BCUT2D eigenvalue weighted by Crippen LogP contribution is 2.33. The smallest absolute Gasteiger partial charge is 0.404 e. The molecule has 1 saturated heterocycles. The number of Topliss-reactive ketones (excluding diaryl/α,β-unsaturated/α-hetero) is 1. The number of carboxylic acid groups (broad SMARTS) is 1. The molecule has 7 N–H and O–H groups in total. The topological polar surface area (TPSA) is 270 Å². The molecule has 1 saturated carbocycles. The number of ketones is 1. The van der Waals surface area contributed by atoms with Gasteiger partial charge in [-0.3, -0.25) is 28.7 Å². The number of aliphatic hydroxyl groups is 1. The number of rotatable bonds is 16. The number of hydrogen-bond donors (Lipinski definition) is 6. The molecule has 2 fully saturated rings. The maximum Gasteiger partial charge on any atom is 0.404 e. The van der Waals surface area contributed by atoms with Crippen molar-refractivity contribution in [2.75, 3.05) is 13.1 Å². The minimum Gasteiger partial charge on any atom is -0.465 e. The molecular formula is C31H47N11O8. The van der Waals surface area contributed by atoms with Crippen LogP contribution in [-0.2, 0) is 31.8 Å². The molecule has 3 heterocycles. The average Bonchev–Trinajstić information content (AvgIpc) is 3.83.